The predicted molar refractivity (Wildman–Crippen MR) is 131 cm³/mol. The van der Waals surface area contributed by atoms with E-state index in [1.807, 2.05) is 0 Å². The lowest BCUT2D eigenvalue weighted by Crippen LogP contribution is -2.68. The minimum Gasteiger partial charge on any atom is -0.385 e. The van der Waals surface area contributed by atoms with E-state index < -0.39 is 6.10 Å². The Hall–Kier alpha value is -0.370. The summed E-state index contributed by atoms with van der Waals surface area (Å²) in [4.78, 5) is 12.8. The topological polar surface area (TPSA) is 37.3 Å². The van der Waals surface area contributed by atoms with Crippen LogP contribution < -0.4 is 0 Å². The van der Waals surface area contributed by atoms with Crippen molar-refractivity contribution >= 4 is 5.78 Å². The minimum absolute atomic E-state index is 0.0102. The maximum atomic E-state index is 12.8. The third-order valence-electron chi connectivity index (χ3n) is 13.8. The second-order valence-electron chi connectivity index (χ2n) is 15.4. The van der Waals surface area contributed by atoms with Gasteiger partial charge in [-0.05, 0) is 114 Å². The lowest BCUT2D eigenvalue weighted by molar-refractivity contribution is -0.259. The fraction of sp³-hybridized carbons (Fsp3) is 0.967. The summed E-state index contributed by atoms with van der Waals surface area (Å²) in [5.41, 5.74) is 2.07. The van der Waals surface area contributed by atoms with E-state index in [-0.39, 0.29) is 22.5 Å². The average molecular weight is 443 g/mol. The smallest absolute Gasteiger partial charge is 0.164 e. The van der Waals surface area contributed by atoms with Gasteiger partial charge in [-0.3, -0.25) is 4.79 Å². The summed E-state index contributed by atoms with van der Waals surface area (Å²) >= 11 is 0. The van der Waals surface area contributed by atoms with E-state index in [1.165, 1.54) is 51.4 Å². The molecule has 0 unspecified atom stereocenters. The van der Waals surface area contributed by atoms with Crippen LogP contribution >= 0.6 is 0 Å². The fourth-order valence-electron chi connectivity index (χ4n) is 11.1. The van der Waals surface area contributed by atoms with Crippen molar-refractivity contribution in [3.05, 3.63) is 0 Å². The summed E-state index contributed by atoms with van der Waals surface area (Å²) in [5.74, 6) is 2.11. The van der Waals surface area contributed by atoms with Crippen LogP contribution in [0, 0.1) is 56.2 Å². The Labute approximate surface area is 197 Å². The van der Waals surface area contributed by atoms with Crippen molar-refractivity contribution in [2.45, 2.75) is 126 Å². The molecule has 0 aromatic carbocycles. The zero-order chi connectivity index (χ0) is 23.5. The van der Waals surface area contributed by atoms with Crippen molar-refractivity contribution < 1.29 is 9.90 Å². The molecule has 0 amide bonds. The fourth-order valence-corrected chi connectivity index (χ4v) is 11.1. The Morgan fingerprint density at radius 3 is 2.00 bits per heavy atom. The molecule has 182 valence electrons. The van der Waals surface area contributed by atoms with E-state index in [2.05, 4.69) is 55.4 Å². The first kappa shape index (κ1) is 23.4. The van der Waals surface area contributed by atoms with Gasteiger partial charge >= 0.3 is 0 Å². The van der Waals surface area contributed by atoms with Gasteiger partial charge in [0.15, 0.2) is 5.78 Å². The highest BCUT2D eigenvalue weighted by atomic mass is 16.3. The van der Waals surface area contributed by atoms with Crippen LogP contribution in [-0.2, 0) is 4.79 Å². The first-order valence-electron chi connectivity index (χ1n) is 13.8. The van der Waals surface area contributed by atoms with E-state index in [0.717, 1.165) is 12.3 Å². The van der Waals surface area contributed by atoms with Crippen molar-refractivity contribution in [1.82, 2.24) is 0 Å². The molecule has 5 rings (SSSR count). The molecule has 1 N–H and O–H groups in total. The van der Waals surface area contributed by atoms with Gasteiger partial charge < -0.3 is 5.11 Å². The molecule has 0 aromatic heterocycles. The molecule has 0 spiro atoms. The van der Waals surface area contributed by atoms with Crippen molar-refractivity contribution in [1.29, 1.82) is 0 Å². The van der Waals surface area contributed by atoms with Crippen molar-refractivity contribution in [2.24, 2.45) is 56.2 Å². The van der Waals surface area contributed by atoms with E-state index in [1.54, 1.807) is 0 Å². The molecule has 5 aliphatic carbocycles. The highest BCUT2D eigenvalue weighted by molar-refractivity contribution is 5.86. The van der Waals surface area contributed by atoms with Crippen molar-refractivity contribution in [3.8, 4) is 0 Å². The number of rotatable bonds is 0. The summed E-state index contributed by atoms with van der Waals surface area (Å²) in [5, 5.41) is 10.7. The number of hydrogen-bond acceptors (Lipinski definition) is 2. The monoisotopic (exact) mass is 442 g/mol. The predicted octanol–water partition coefficient (Wildman–Crippen LogP) is 7.43. The Morgan fingerprint density at radius 1 is 0.719 bits per heavy atom. The lowest BCUT2D eigenvalue weighted by atomic mass is 9.30. The second-order valence-corrected chi connectivity index (χ2v) is 15.4. The first-order chi connectivity index (χ1) is 14.6. The maximum absolute atomic E-state index is 12.8. The Balaban J connectivity index is 1.55. The van der Waals surface area contributed by atoms with Crippen molar-refractivity contribution in [3.63, 3.8) is 0 Å². The van der Waals surface area contributed by atoms with E-state index >= 15 is 0 Å². The molecule has 5 aliphatic rings. The zero-order valence-corrected chi connectivity index (χ0v) is 22.3. The lowest BCUT2D eigenvalue weighted by Gasteiger charge is -2.75. The summed E-state index contributed by atoms with van der Waals surface area (Å²) in [6.45, 7) is 20.1. The van der Waals surface area contributed by atoms with Gasteiger partial charge in [0.05, 0.1) is 0 Å². The summed E-state index contributed by atoms with van der Waals surface area (Å²) in [6.07, 6.45) is 12.0. The largest absolute Gasteiger partial charge is 0.385 e. The van der Waals surface area contributed by atoms with E-state index in [4.69, 9.17) is 0 Å². The van der Waals surface area contributed by atoms with E-state index in [9.17, 15) is 9.90 Å². The van der Waals surface area contributed by atoms with Crippen LogP contribution in [0.5, 0.6) is 0 Å². The molecule has 0 heterocycles. The van der Waals surface area contributed by atoms with Crippen LogP contribution in [0.2, 0.25) is 0 Å². The Bertz CT molecular complexity index is 816. The molecule has 5 fully saturated rings. The number of hydrogen-bond donors (Lipinski definition) is 1. The van der Waals surface area contributed by atoms with Gasteiger partial charge in [0, 0.05) is 5.92 Å². The van der Waals surface area contributed by atoms with Gasteiger partial charge in [-0.25, -0.2) is 0 Å². The van der Waals surface area contributed by atoms with Crippen LogP contribution in [0.3, 0.4) is 0 Å². The standard InChI is InChI=1S/C30H50O2/c1-19-24(32)20(31)17-22-27(19,5)10-9-21-28(22,6)14-16-30(8)23-18-25(2,3)11-12-26(23,4)13-15-29(21,30)7/h19-23,31H,9-18H2,1-8H3/t19-,20+,21-,22-,23+,26+,27-,28+,29+,30-/m0/s1. The summed E-state index contributed by atoms with van der Waals surface area (Å²) < 4.78 is 0. The molecular weight excluding hydrogens is 392 g/mol. The second kappa shape index (κ2) is 6.64. The minimum atomic E-state index is -0.742. The number of Topliss-reactive ketones (excluding diaryl/α,β-unsaturated/α-hetero) is 1. The average Bonchev–Trinajstić information content (AvgIpc) is 2.72. The molecule has 0 aliphatic heterocycles. The summed E-state index contributed by atoms with van der Waals surface area (Å²) in [7, 11) is 0. The zero-order valence-electron chi connectivity index (χ0n) is 22.3. The number of aliphatic hydroxyl groups excluding tert-OH is 1. The third-order valence-corrected chi connectivity index (χ3v) is 13.8. The molecule has 2 nitrogen and oxygen atoms in total. The number of carbonyl (C=O) groups is 1. The molecule has 0 saturated heterocycles. The van der Waals surface area contributed by atoms with Gasteiger partial charge in [-0.2, -0.15) is 0 Å². The van der Waals surface area contributed by atoms with Gasteiger partial charge in [-0.1, -0.05) is 55.4 Å². The molecule has 0 radical (unpaired) electrons. The molecule has 10 atom stereocenters. The molecular formula is C30H50O2. The Kier molecular flexibility index (Phi) is 4.85. The summed E-state index contributed by atoms with van der Waals surface area (Å²) in [6, 6.07) is 0. The van der Waals surface area contributed by atoms with E-state index in [0.29, 0.717) is 39.9 Å². The van der Waals surface area contributed by atoms with Crippen molar-refractivity contribution in [2.75, 3.05) is 0 Å². The van der Waals surface area contributed by atoms with Gasteiger partial charge in [0.1, 0.15) is 6.10 Å². The van der Waals surface area contributed by atoms with Gasteiger partial charge in [-0.15, -0.1) is 0 Å². The molecule has 5 saturated carbocycles. The molecule has 2 heteroatoms. The number of ketones is 1. The van der Waals surface area contributed by atoms with Crippen LogP contribution in [0.1, 0.15) is 120 Å². The van der Waals surface area contributed by atoms with Crippen LogP contribution in [0.25, 0.3) is 0 Å². The third kappa shape index (κ3) is 2.71. The van der Waals surface area contributed by atoms with Crippen LogP contribution in [0.4, 0.5) is 0 Å². The van der Waals surface area contributed by atoms with Crippen LogP contribution in [-0.4, -0.2) is 17.0 Å². The molecule has 0 bridgehead atoms. The normalized spacial score (nSPS) is 59.4. The number of aliphatic hydroxyl groups is 1. The van der Waals surface area contributed by atoms with Gasteiger partial charge in [0.25, 0.3) is 0 Å². The number of fused-ring (bicyclic) bond motifs is 7. The van der Waals surface area contributed by atoms with Crippen LogP contribution in [0.15, 0.2) is 0 Å². The molecule has 32 heavy (non-hydrogen) atoms. The SMILES string of the molecule is C[C@H]1C(=O)[C@H](O)C[C@@H]2[C@]3(C)CC[C@@]4(C)[C@@H]5CC(C)(C)CC[C@]5(C)CC[C@]4(C)[C@H]3CC[C@]21C. The number of carbonyl (C=O) groups excluding carboxylic acids is 1. The maximum Gasteiger partial charge on any atom is 0.164 e. The highest BCUT2D eigenvalue weighted by Crippen LogP contribution is 2.78. The van der Waals surface area contributed by atoms with Gasteiger partial charge in [0.2, 0.25) is 0 Å². The quantitative estimate of drug-likeness (QED) is 0.423. The Morgan fingerprint density at radius 2 is 1.31 bits per heavy atom. The first-order valence-corrected chi connectivity index (χ1v) is 13.8. The highest BCUT2D eigenvalue weighted by Gasteiger charge is 2.71. The molecule has 0 aromatic rings.